The normalized spacial score (nSPS) is 11.2. The molecular weight excluding hydrogens is 192 g/mol. The maximum atomic E-state index is 11.1. The molecule has 0 atom stereocenters. The van der Waals surface area contributed by atoms with Gasteiger partial charge in [0, 0.05) is 17.0 Å². The number of thiophene rings is 1. The SMILES string of the molecule is O=C(O)/C(O)=C\C(=O)c1ccsc1. The van der Waals surface area contributed by atoms with Crippen molar-refractivity contribution in [3.05, 3.63) is 34.2 Å². The van der Waals surface area contributed by atoms with Crippen LogP contribution in [0.2, 0.25) is 0 Å². The molecule has 0 aliphatic carbocycles. The van der Waals surface area contributed by atoms with E-state index in [0.717, 1.165) is 0 Å². The Morgan fingerprint density at radius 3 is 2.54 bits per heavy atom. The van der Waals surface area contributed by atoms with Crippen LogP contribution in [0, 0.1) is 0 Å². The van der Waals surface area contributed by atoms with Gasteiger partial charge in [0.2, 0.25) is 5.76 Å². The van der Waals surface area contributed by atoms with Crippen LogP contribution >= 0.6 is 11.3 Å². The van der Waals surface area contributed by atoms with Gasteiger partial charge in [-0.1, -0.05) is 0 Å². The molecule has 0 saturated carbocycles. The Kier molecular flexibility index (Phi) is 2.81. The van der Waals surface area contributed by atoms with E-state index in [0.29, 0.717) is 11.6 Å². The zero-order valence-electron chi connectivity index (χ0n) is 6.43. The van der Waals surface area contributed by atoms with Gasteiger partial charge >= 0.3 is 5.97 Å². The predicted molar refractivity (Wildman–Crippen MR) is 47.0 cm³/mol. The highest BCUT2D eigenvalue weighted by Gasteiger charge is 2.08. The smallest absolute Gasteiger partial charge is 0.371 e. The minimum Gasteiger partial charge on any atom is -0.502 e. The third-order valence-corrected chi connectivity index (χ3v) is 1.98. The summed E-state index contributed by atoms with van der Waals surface area (Å²) in [7, 11) is 0. The number of hydrogen-bond acceptors (Lipinski definition) is 4. The monoisotopic (exact) mass is 198 g/mol. The molecule has 1 heterocycles. The Morgan fingerprint density at radius 1 is 1.38 bits per heavy atom. The quantitative estimate of drug-likeness (QED) is 0.438. The van der Waals surface area contributed by atoms with Gasteiger partial charge in [0.25, 0.3) is 0 Å². The Hall–Kier alpha value is -1.62. The van der Waals surface area contributed by atoms with Crippen LogP contribution in [0.1, 0.15) is 10.4 Å². The molecule has 0 aliphatic rings. The van der Waals surface area contributed by atoms with Crippen molar-refractivity contribution in [2.75, 3.05) is 0 Å². The lowest BCUT2D eigenvalue weighted by Crippen LogP contribution is -2.03. The van der Waals surface area contributed by atoms with Crippen LogP contribution in [0.5, 0.6) is 0 Å². The van der Waals surface area contributed by atoms with E-state index in [1.54, 1.807) is 16.8 Å². The van der Waals surface area contributed by atoms with Gasteiger partial charge in [-0.2, -0.15) is 11.3 Å². The Bertz CT molecular complexity index is 350. The van der Waals surface area contributed by atoms with Crippen molar-refractivity contribution in [3.8, 4) is 0 Å². The summed E-state index contributed by atoms with van der Waals surface area (Å²) in [5.74, 6) is -2.97. The van der Waals surface area contributed by atoms with E-state index in [1.807, 2.05) is 0 Å². The molecule has 2 N–H and O–H groups in total. The van der Waals surface area contributed by atoms with E-state index in [9.17, 15) is 9.59 Å². The first-order chi connectivity index (χ1) is 6.11. The standard InChI is InChI=1S/C8H6O4S/c9-6(3-7(10)8(11)12)5-1-2-13-4-5/h1-4,10H,(H,11,12)/b7-3+. The van der Waals surface area contributed by atoms with Crippen molar-refractivity contribution in [2.45, 2.75) is 0 Å². The highest BCUT2D eigenvalue weighted by Crippen LogP contribution is 2.08. The summed E-state index contributed by atoms with van der Waals surface area (Å²) >= 11 is 1.32. The van der Waals surface area contributed by atoms with Crippen LogP contribution in [-0.2, 0) is 4.79 Å². The molecule has 0 amide bonds. The summed E-state index contributed by atoms with van der Waals surface area (Å²) < 4.78 is 0. The van der Waals surface area contributed by atoms with Crippen molar-refractivity contribution >= 4 is 23.1 Å². The van der Waals surface area contributed by atoms with Gasteiger partial charge in [-0.3, -0.25) is 4.79 Å². The van der Waals surface area contributed by atoms with Gasteiger partial charge in [-0.05, 0) is 11.4 Å². The Morgan fingerprint density at radius 2 is 2.08 bits per heavy atom. The number of carboxylic acid groups (broad SMARTS) is 1. The van der Waals surface area contributed by atoms with Crippen molar-refractivity contribution in [3.63, 3.8) is 0 Å². The molecule has 68 valence electrons. The van der Waals surface area contributed by atoms with E-state index < -0.39 is 17.5 Å². The number of rotatable bonds is 3. The topological polar surface area (TPSA) is 74.6 Å². The number of carbonyl (C=O) groups excluding carboxylic acids is 1. The van der Waals surface area contributed by atoms with Gasteiger partial charge in [-0.25, -0.2) is 4.79 Å². The molecule has 0 radical (unpaired) electrons. The summed E-state index contributed by atoms with van der Waals surface area (Å²) in [4.78, 5) is 21.3. The number of aliphatic hydroxyl groups is 1. The molecule has 13 heavy (non-hydrogen) atoms. The van der Waals surface area contributed by atoms with Crippen LogP contribution in [0.15, 0.2) is 28.7 Å². The van der Waals surface area contributed by atoms with Crippen LogP contribution < -0.4 is 0 Å². The number of aliphatic hydroxyl groups excluding tert-OH is 1. The largest absolute Gasteiger partial charge is 0.502 e. The number of allylic oxidation sites excluding steroid dienone is 1. The van der Waals surface area contributed by atoms with Gasteiger partial charge in [0.15, 0.2) is 5.78 Å². The number of carbonyl (C=O) groups is 2. The van der Waals surface area contributed by atoms with Gasteiger partial charge in [0.1, 0.15) is 0 Å². The van der Waals surface area contributed by atoms with Crippen molar-refractivity contribution < 1.29 is 19.8 Å². The molecule has 0 aliphatic heterocycles. The molecule has 4 nitrogen and oxygen atoms in total. The van der Waals surface area contributed by atoms with Crippen molar-refractivity contribution in [1.29, 1.82) is 0 Å². The number of aliphatic carboxylic acids is 1. The van der Waals surface area contributed by atoms with Gasteiger partial charge in [0.05, 0.1) is 0 Å². The molecule has 0 bridgehead atoms. The third-order valence-electron chi connectivity index (χ3n) is 1.29. The van der Waals surface area contributed by atoms with Crippen molar-refractivity contribution in [2.24, 2.45) is 0 Å². The fourth-order valence-corrected chi connectivity index (χ4v) is 1.32. The molecular formula is C8H6O4S. The minimum absolute atomic E-state index is 0.373. The first-order valence-corrected chi connectivity index (χ1v) is 4.26. The minimum atomic E-state index is -1.51. The van der Waals surface area contributed by atoms with Crippen LogP contribution in [0.4, 0.5) is 0 Å². The third kappa shape index (κ3) is 2.41. The summed E-state index contributed by atoms with van der Waals surface area (Å²) in [6, 6.07) is 1.55. The van der Waals surface area contributed by atoms with Crippen LogP contribution in [0.25, 0.3) is 0 Å². The first-order valence-electron chi connectivity index (χ1n) is 3.31. The van der Waals surface area contributed by atoms with Crippen LogP contribution in [-0.4, -0.2) is 22.0 Å². The average molecular weight is 198 g/mol. The van der Waals surface area contributed by atoms with E-state index in [2.05, 4.69) is 0 Å². The number of hydrogen-bond donors (Lipinski definition) is 2. The maximum absolute atomic E-state index is 11.1. The lowest BCUT2D eigenvalue weighted by molar-refractivity contribution is -0.135. The van der Waals surface area contributed by atoms with Crippen molar-refractivity contribution in [1.82, 2.24) is 0 Å². The lowest BCUT2D eigenvalue weighted by Gasteiger charge is -1.90. The fraction of sp³-hybridized carbons (Fsp3) is 0. The second kappa shape index (κ2) is 3.86. The molecule has 0 fully saturated rings. The molecule has 0 saturated heterocycles. The molecule has 1 aromatic rings. The highest BCUT2D eigenvalue weighted by molar-refractivity contribution is 7.08. The van der Waals surface area contributed by atoms with Gasteiger partial charge < -0.3 is 10.2 Å². The lowest BCUT2D eigenvalue weighted by atomic mass is 10.2. The summed E-state index contributed by atoms with van der Waals surface area (Å²) in [6.45, 7) is 0. The Balaban J connectivity index is 2.82. The number of carboxylic acids is 1. The zero-order chi connectivity index (χ0) is 9.84. The Labute approximate surface area is 77.8 Å². The molecule has 0 aromatic carbocycles. The molecule has 1 rings (SSSR count). The zero-order valence-corrected chi connectivity index (χ0v) is 7.25. The van der Waals surface area contributed by atoms with E-state index >= 15 is 0 Å². The maximum Gasteiger partial charge on any atom is 0.371 e. The van der Waals surface area contributed by atoms with Gasteiger partial charge in [-0.15, -0.1) is 0 Å². The summed E-state index contributed by atoms with van der Waals surface area (Å²) in [5.41, 5.74) is 0.373. The fourth-order valence-electron chi connectivity index (χ4n) is 0.674. The summed E-state index contributed by atoms with van der Waals surface area (Å²) in [6.07, 6.45) is 0.685. The van der Waals surface area contributed by atoms with Crippen LogP contribution in [0.3, 0.4) is 0 Å². The van der Waals surface area contributed by atoms with E-state index in [1.165, 1.54) is 11.3 Å². The molecule has 0 unspecified atom stereocenters. The highest BCUT2D eigenvalue weighted by atomic mass is 32.1. The second-order valence-electron chi connectivity index (χ2n) is 2.21. The first kappa shape index (κ1) is 9.47. The average Bonchev–Trinajstić information content (AvgIpc) is 2.55. The molecule has 0 spiro atoms. The molecule has 1 aromatic heterocycles. The second-order valence-corrected chi connectivity index (χ2v) is 2.99. The molecule has 5 heteroatoms. The summed E-state index contributed by atoms with van der Waals surface area (Å²) in [5, 5.41) is 20.3. The number of ketones is 1. The van der Waals surface area contributed by atoms with E-state index in [4.69, 9.17) is 10.2 Å². The predicted octanol–water partition coefficient (Wildman–Crippen LogP) is 1.46. The van der Waals surface area contributed by atoms with E-state index in [-0.39, 0.29) is 0 Å².